The van der Waals surface area contributed by atoms with E-state index in [9.17, 15) is 9.59 Å². The lowest BCUT2D eigenvalue weighted by atomic mass is 10.2. The molecule has 0 atom stereocenters. The Bertz CT molecular complexity index is 614. The number of anilines is 1. The SMILES string of the molecule is O=C(CCCNC(=O)c1cccs1)Nc1cccc(Br)c1. The summed E-state index contributed by atoms with van der Waals surface area (Å²) in [5.74, 6) is -0.143. The van der Waals surface area contributed by atoms with Gasteiger partial charge >= 0.3 is 0 Å². The Balaban J connectivity index is 1.67. The maximum atomic E-state index is 11.8. The van der Waals surface area contributed by atoms with E-state index < -0.39 is 0 Å². The van der Waals surface area contributed by atoms with Gasteiger partial charge in [0.2, 0.25) is 5.91 Å². The van der Waals surface area contributed by atoms with E-state index in [1.807, 2.05) is 35.7 Å². The number of carbonyl (C=O) groups is 2. The highest BCUT2D eigenvalue weighted by molar-refractivity contribution is 9.10. The summed E-state index contributed by atoms with van der Waals surface area (Å²) in [6.45, 7) is 0.489. The van der Waals surface area contributed by atoms with Gasteiger partial charge < -0.3 is 10.6 Å². The van der Waals surface area contributed by atoms with Gasteiger partial charge in [-0.2, -0.15) is 0 Å². The highest BCUT2D eigenvalue weighted by Gasteiger charge is 2.06. The van der Waals surface area contributed by atoms with Crippen LogP contribution in [0.5, 0.6) is 0 Å². The fourth-order valence-corrected chi connectivity index (χ4v) is 2.77. The molecule has 2 aromatic rings. The first-order valence-electron chi connectivity index (χ1n) is 6.52. The Morgan fingerprint density at radius 2 is 2.05 bits per heavy atom. The van der Waals surface area contributed by atoms with E-state index in [0.29, 0.717) is 24.3 Å². The van der Waals surface area contributed by atoms with Crippen molar-refractivity contribution in [2.75, 3.05) is 11.9 Å². The van der Waals surface area contributed by atoms with E-state index in [1.165, 1.54) is 11.3 Å². The molecule has 2 rings (SSSR count). The number of nitrogens with one attached hydrogen (secondary N) is 2. The minimum absolute atomic E-state index is 0.0570. The van der Waals surface area contributed by atoms with Gasteiger partial charge in [0.05, 0.1) is 4.88 Å². The summed E-state index contributed by atoms with van der Waals surface area (Å²) in [5.41, 5.74) is 0.761. The van der Waals surface area contributed by atoms with Crippen LogP contribution in [0.1, 0.15) is 22.5 Å². The van der Waals surface area contributed by atoms with Gasteiger partial charge in [-0.3, -0.25) is 9.59 Å². The smallest absolute Gasteiger partial charge is 0.261 e. The van der Waals surface area contributed by atoms with Gasteiger partial charge in [-0.05, 0) is 36.1 Å². The van der Waals surface area contributed by atoms with Gasteiger partial charge in [-0.1, -0.05) is 28.1 Å². The van der Waals surface area contributed by atoms with Crippen molar-refractivity contribution in [2.24, 2.45) is 0 Å². The predicted molar refractivity (Wildman–Crippen MR) is 88.7 cm³/mol. The maximum absolute atomic E-state index is 11.8. The van der Waals surface area contributed by atoms with Gasteiger partial charge in [0.25, 0.3) is 5.91 Å². The van der Waals surface area contributed by atoms with E-state index in [1.54, 1.807) is 6.07 Å². The number of halogens is 1. The molecule has 1 aromatic heterocycles. The number of hydrogen-bond donors (Lipinski definition) is 2. The molecule has 0 aliphatic rings. The summed E-state index contributed by atoms with van der Waals surface area (Å²) >= 11 is 4.76. The van der Waals surface area contributed by atoms with Crippen molar-refractivity contribution >= 4 is 44.8 Å². The quantitative estimate of drug-likeness (QED) is 0.766. The van der Waals surface area contributed by atoms with Crippen molar-refractivity contribution < 1.29 is 9.59 Å². The molecule has 6 heteroatoms. The molecule has 0 bridgehead atoms. The van der Waals surface area contributed by atoms with Crippen molar-refractivity contribution in [1.82, 2.24) is 5.32 Å². The monoisotopic (exact) mass is 366 g/mol. The maximum Gasteiger partial charge on any atom is 0.261 e. The van der Waals surface area contributed by atoms with Crippen molar-refractivity contribution in [1.29, 1.82) is 0 Å². The highest BCUT2D eigenvalue weighted by Crippen LogP contribution is 2.15. The van der Waals surface area contributed by atoms with Crippen molar-refractivity contribution in [3.63, 3.8) is 0 Å². The molecule has 0 spiro atoms. The van der Waals surface area contributed by atoms with Crippen LogP contribution in [0.4, 0.5) is 5.69 Å². The van der Waals surface area contributed by atoms with Crippen molar-refractivity contribution in [2.45, 2.75) is 12.8 Å². The number of rotatable bonds is 6. The van der Waals surface area contributed by atoms with Crippen LogP contribution in [-0.4, -0.2) is 18.4 Å². The molecular formula is C15H15BrN2O2S. The van der Waals surface area contributed by atoms with Crippen LogP contribution in [0.25, 0.3) is 0 Å². The Kier molecular flexibility index (Phi) is 5.95. The molecular weight excluding hydrogens is 352 g/mol. The second kappa shape index (κ2) is 7.95. The molecule has 0 radical (unpaired) electrons. The van der Waals surface area contributed by atoms with Crippen LogP contribution in [0.15, 0.2) is 46.3 Å². The fraction of sp³-hybridized carbons (Fsp3) is 0.200. The zero-order valence-electron chi connectivity index (χ0n) is 11.3. The van der Waals surface area contributed by atoms with Gasteiger partial charge in [0.15, 0.2) is 0 Å². The zero-order chi connectivity index (χ0) is 15.1. The third kappa shape index (κ3) is 5.32. The van der Waals surface area contributed by atoms with Crippen LogP contribution in [0, 0.1) is 0 Å². The van der Waals surface area contributed by atoms with Gasteiger partial charge in [0.1, 0.15) is 0 Å². The summed E-state index contributed by atoms with van der Waals surface area (Å²) in [4.78, 5) is 24.1. The van der Waals surface area contributed by atoms with E-state index in [-0.39, 0.29) is 11.8 Å². The normalized spacial score (nSPS) is 10.1. The molecule has 2 N–H and O–H groups in total. The molecule has 0 saturated heterocycles. The van der Waals surface area contributed by atoms with E-state index in [4.69, 9.17) is 0 Å². The van der Waals surface area contributed by atoms with E-state index >= 15 is 0 Å². The van der Waals surface area contributed by atoms with Crippen molar-refractivity contribution in [3.05, 3.63) is 51.1 Å². The van der Waals surface area contributed by atoms with Gasteiger partial charge in [-0.15, -0.1) is 11.3 Å². The minimum atomic E-state index is -0.0857. The third-order valence-corrected chi connectivity index (χ3v) is 4.08. The Labute approximate surface area is 135 Å². The first-order valence-corrected chi connectivity index (χ1v) is 8.19. The van der Waals surface area contributed by atoms with Crippen LogP contribution < -0.4 is 10.6 Å². The van der Waals surface area contributed by atoms with Gasteiger partial charge in [0, 0.05) is 23.1 Å². The molecule has 1 heterocycles. The summed E-state index contributed by atoms with van der Waals surface area (Å²) in [7, 11) is 0. The average Bonchev–Trinajstić information content (AvgIpc) is 2.97. The molecule has 110 valence electrons. The lowest BCUT2D eigenvalue weighted by molar-refractivity contribution is -0.116. The summed E-state index contributed by atoms with van der Waals surface area (Å²) in [6, 6.07) is 11.1. The molecule has 21 heavy (non-hydrogen) atoms. The number of benzene rings is 1. The van der Waals surface area contributed by atoms with Crippen LogP contribution in [0.3, 0.4) is 0 Å². The largest absolute Gasteiger partial charge is 0.351 e. The molecule has 4 nitrogen and oxygen atoms in total. The molecule has 0 fully saturated rings. The minimum Gasteiger partial charge on any atom is -0.351 e. The van der Waals surface area contributed by atoms with Crippen LogP contribution >= 0.6 is 27.3 Å². The number of carbonyl (C=O) groups excluding carboxylic acids is 2. The second-order valence-electron chi connectivity index (χ2n) is 4.40. The van der Waals surface area contributed by atoms with Gasteiger partial charge in [-0.25, -0.2) is 0 Å². The molecule has 0 saturated carbocycles. The van der Waals surface area contributed by atoms with Crippen LogP contribution in [-0.2, 0) is 4.79 Å². The summed E-state index contributed by atoms with van der Waals surface area (Å²) in [6.07, 6.45) is 0.980. The summed E-state index contributed by atoms with van der Waals surface area (Å²) in [5, 5.41) is 7.48. The second-order valence-corrected chi connectivity index (χ2v) is 6.26. The Morgan fingerprint density at radius 1 is 1.19 bits per heavy atom. The molecule has 2 amide bonds. The fourth-order valence-electron chi connectivity index (χ4n) is 1.74. The topological polar surface area (TPSA) is 58.2 Å². The third-order valence-electron chi connectivity index (χ3n) is 2.72. The molecule has 0 aliphatic carbocycles. The Morgan fingerprint density at radius 3 is 2.76 bits per heavy atom. The summed E-state index contributed by atoms with van der Waals surface area (Å²) < 4.78 is 0.920. The molecule has 0 aliphatic heterocycles. The molecule has 1 aromatic carbocycles. The van der Waals surface area contributed by atoms with E-state index in [2.05, 4.69) is 26.6 Å². The Hall–Kier alpha value is -1.66. The average molecular weight is 367 g/mol. The molecule has 0 unspecified atom stereocenters. The van der Waals surface area contributed by atoms with Crippen molar-refractivity contribution in [3.8, 4) is 0 Å². The predicted octanol–water partition coefficient (Wildman–Crippen LogP) is 3.66. The lowest BCUT2D eigenvalue weighted by Crippen LogP contribution is -2.24. The highest BCUT2D eigenvalue weighted by atomic mass is 79.9. The lowest BCUT2D eigenvalue weighted by Gasteiger charge is -2.06. The zero-order valence-corrected chi connectivity index (χ0v) is 13.7. The number of hydrogen-bond acceptors (Lipinski definition) is 3. The van der Waals surface area contributed by atoms with Crippen LogP contribution in [0.2, 0.25) is 0 Å². The number of amides is 2. The number of thiophene rings is 1. The first kappa shape index (κ1) is 15.7. The van der Waals surface area contributed by atoms with E-state index in [0.717, 1.165) is 10.2 Å². The first-order chi connectivity index (χ1) is 10.1. The standard InChI is InChI=1S/C15H15BrN2O2S/c16-11-4-1-5-12(10-11)18-14(19)7-2-8-17-15(20)13-6-3-9-21-13/h1,3-6,9-10H,2,7-8H2,(H,17,20)(H,18,19).